The summed E-state index contributed by atoms with van der Waals surface area (Å²) in [5.41, 5.74) is 7.09. The Morgan fingerprint density at radius 3 is 2.41 bits per heavy atom. The standard InChI is InChI=1S/C16H14N2O4/c17-16(22)11-3-1-10(2-4-11)15(21)12-7-8-18-13(9-12)5-6-14(19)20/h1-9,15,21H,(H2,17,22)(H,19,20)/b6-5+. The van der Waals surface area contributed by atoms with Crippen molar-refractivity contribution in [1.29, 1.82) is 0 Å². The number of carboxylic acids is 1. The molecule has 0 saturated heterocycles. The summed E-state index contributed by atoms with van der Waals surface area (Å²) in [5.74, 6) is -1.61. The highest BCUT2D eigenvalue weighted by Crippen LogP contribution is 2.22. The number of hydrogen-bond acceptors (Lipinski definition) is 4. The van der Waals surface area contributed by atoms with Gasteiger partial charge in [-0.25, -0.2) is 4.79 Å². The highest BCUT2D eigenvalue weighted by molar-refractivity contribution is 5.92. The molecule has 1 amide bonds. The van der Waals surface area contributed by atoms with Gasteiger partial charge in [0.15, 0.2) is 0 Å². The van der Waals surface area contributed by atoms with E-state index in [1.165, 1.54) is 24.4 Å². The Hall–Kier alpha value is -2.99. The largest absolute Gasteiger partial charge is 0.478 e. The lowest BCUT2D eigenvalue weighted by atomic mass is 10.0. The molecule has 1 unspecified atom stereocenters. The summed E-state index contributed by atoms with van der Waals surface area (Å²) in [6, 6.07) is 9.51. The number of pyridine rings is 1. The first-order chi connectivity index (χ1) is 10.5. The van der Waals surface area contributed by atoms with Crippen LogP contribution in [0.3, 0.4) is 0 Å². The lowest BCUT2D eigenvalue weighted by Gasteiger charge is -2.12. The van der Waals surface area contributed by atoms with E-state index in [4.69, 9.17) is 10.8 Å². The van der Waals surface area contributed by atoms with Crippen LogP contribution in [-0.2, 0) is 4.79 Å². The maximum absolute atomic E-state index is 11.0. The molecule has 1 heterocycles. The van der Waals surface area contributed by atoms with Crippen molar-refractivity contribution in [2.24, 2.45) is 5.73 Å². The van der Waals surface area contributed by atoms with Gasteiger partial charge < -0.3 is 15.9 Å². The van der Waals surface area contributed by atoms with Crippen LogP contribution < -0.4 is 5.73 Å². The number of aliphatic carboxylic acids is 1. The van der Waals surface area contributed by atoms with E-state index in [9.17, 15) is 14.7 Å². The first-order valence-corrected chi connectivity index (χ1v) is 6.42. The van der Waals surface area contributed by atoms with Gasteiger partial charge in [-0.1, -0.05) is 12.1 Å². The second-order valence-electron chi connectivity index (χ2n) is 4.57. The fourth-order valence-electron chi connectivity index (χ4n) is 1.91. The summed E-state index contributed by atoms with van der Waals surface area (Å²) in [5, 5.41) is 18.9. The van der Waals surface area contributed by atoms with Crippen molar-refractivity contribution < 1.29 is 19.8 Å². The van der Waals surface area contributed by atoms with E-state index in [1.807, 2.05) is 0 Å². The maximum Gasteiger partial charge on any atom is 0.328 e. The van der Waals surface area contributed by atoms with Crippen molar-refractivity contribution in [2.75, 3.05) is 0 Å². The molecule has 6 nitrogen and oxygen atoms in total. The fraction of sp³-hybridized carbons (Fsp3) is 0.0625. The molecule has 6 heteroatoms. The molecule has 0 aliphatic carbocycles. The minimum absolute atomic E-state index is 0.357. The smallest absolute Gasteiger partial charge is 0.328 e. The Morgan fingerprint density at radius 1 is 1.14 bits per heavy atom. The van der Waals surface area contributed by atoms with E-state index in [-0.39, 0.29) is 0 Å². The lowest BCUT2D eigenvalue weighted by molar-refractivity contribution is -0.131. The molecule has 112 valence electrons. The second kappa shape index (κ2) is 6.64. The van der Waals surface area contributed by atoms with Gasteiger partial charge in [0.05, 0.1) is 5.69 Å². The van der Waals surface area contributed by atoms with Gasteiger partial charge in [0.25, 0.3) is 0 Å². The minimum Gasteiger partial charge on any atom is -0.478 e. The van der Waals surface area contributed by atoms with Gasteiger partial charge in [-0.15, -0.1) is 0 Å². The number of nitrogens with zero attached hydrogens (tertiary/aromatic N) is 1. The first-order valence-electron chi connectivity index (χ1n) is 6.42. The van der Waals surface area contributed by atoms with E-state index < -0.39 is 18.0 Å². The van der Waals surface area contributed by atoms with Gasteiger partial charge in [0, 0.05) is 17.8 Å². The number of benzene rings is 1. The van der Waals surface area contributed by atoms with Crippen molar-refractivity contribution in [3.05, 3.63) is 71.1 Å². The number of aliphatic hydroxyl groups excluding tert-OH is 1. The van der Waals surface area contributed by atoms with Crippen molar-refractivity contribution in [1.82, 2.24) is 4.98 Å². The zero-order valence-corrected chi connectivity index (χ0v) is 11.5. The van der Waals surface area contributed by atoms with Crippen LogP contribution in [0.1, 0.15) is 33.3 Å². The van der Waals surface area contributed by atoms with E-state index >= 15 is 0 Å². The SMILES string of the molecule is NC(=O)c1ccc(C(O)c2ccnc(/C=C/C(=O)O)c2)cc1. The lowest BCUT2D eigenvalue weighted by Crippen LogP contribution is -2.11. The third-order valence-corrected chi connectivity index (χ3v) is 3.03. The van der Waals surface area contributed by atoms with Crippen LogP contribution in [0.15, 0.2) is 48.7 Å². The summed E-state index contributed by atoms with van der Waals surface area (Å²) in [4.78, 5) is 25.5. The van der Waals surface area contributed by atoms with Crippen molar-refractivity contribution in [2.45, 2.75) is 6.10 Å². The zero-order valence-electron chi connectivity index (χ0n) is 11.5. The Bertz CT molecular complexity index is 723. The third kappa shape index (κ3) is 3.77. The Kier molecular flexibility index (Phi) is 4.65. The summed E-state index contributed by atoms with van der Waals surface area (Å²) in [7, 11) is 0. The van der Waals surface area contributed by atoms with Crippen LogP contribution in [0, 0.1) is 0 Å². The summed E-state index contributed by atoms with van der Waals surface area (Å²) in [6.45, 7) is 0. The molecule has 2 rings (SSSR count). The molecule has 0 fully saturated rings. The quantitative estimate of drug-likeness (QED) is 0.721. The van der Waals surface area contributed by atoms with E-state index in [0.717, 1.165) is 6.08 Å². The number of nitrogens with two attached hydrogens (primary N) is 1. The molecule has 0 aliphatic rings. The number of hydrogen-bond donors (Lipinski definition) is 3. The second-order valence-corrected chi connectivity index (χ2v) is 4.57. The van der Waals surface area contributed by atoms with Gasteiger partial charge in [0.2, 0.25) is 5.91 Å². The number of amides is 1. The van der Waals surface area contributed by atoms with E-state index in [2.05, 4.69) is 4.98 Å². The highest BCUT2D eigenvalue weighted by atomic mass is 16.4. The Balaban J connectivity index is 2.25. The number of carbonyl (C=O) groups excluding carboxylic acids is 1. The van der Waals surface area contributed by atoms with Crippen LogP contribution in [0.25, 0.3) is 6.08 Å². The van der Waals surface area contributed by atoms with E-state index in [1.54, 1.807) is 24.3 Å². The van der Waals surface area contributed by atoms with Gasteiger partial charge in [-0.3, -0.25) is 9.78 Å². The normalized spacial score (nSPS) is 12.2. The fourth-order valence-corrected chi connectivity index (χ4v) is 1.91. The average Bonchev–Trinajstić information content (AvgIpc) is 2.52. The number of rotatable bonds is 5. The summed E-state index contributed by atoms with van der Waals surface area (Å²) >= 11 is 0. The average molecular weight is 298 g/mol. The minimum atomic E-state index is -1.07. The van der Waals surface area contributed by atoms with Crippen LogP contribution >= 0.6 is 0 Å². The van der Waals surface area contributed by atoms with Crippen molar-refractivity contribution in [3.63, 3.8) is 0 Å². The van der Waals surface area contributed by atoms with Gasteiger partial charge in [-0.05, 0) is 41.5 Å². The van der Waals surface area contributed by atoms with Crippen LogP contribution in [0.4, 0.5) is 0 Å². The van der Waals surface area contributed by atoms with Gasteiger partial charge in [0.1, 0.15) is 6.10 Å². The summed E-state index contributed by atoms with van der Waals surface area (Å²) < 4.78 is 0. The molecule has 0 spiro atoms. The van der Waals surface area contributed by atoms with Gasteiger partial charge >= 0.3 is 5.97 Å². The molecule has 1 aromatic carbocycles. The van der Waals surface area contributed by atoms with Crippen LogP contribution in [-0.4, -0.2) is 27.1 Å². The molecule has 1 atom stereocenters. The molecular weight excluding hydrogens is 284 g/mol. The predicted molar refractivity (Wildman–Crippen MR) is 79.9 cm³/mol. The number of aliphatic hydroxyl groups is 1. The van der Waals surface area contributed by atoms with Crippen molar-refractivity contribution in [3.8, 4) is 0 Å². The monoisotopic (exact) mass is 298 g/mol. The number of carboxylic acid groups (broad SMARTS) is 1. The van der Waals surface area contributed by atoms with E-state index in [0.29, 0.717) is 22.4 Å². The van der Waals surface area contributed by atoms with Crippen LogP contribution in [0.2, 0.25) is 0 Å². The Labute approximate surface area is 126 Å². The molecule has 0 saturated carbocycles. The third-order valence-electron chi connectivity index (χ3n) is 3.03. The number of primary amides is 1. The number of aromatic nitrogens is 1. The van der Waals surface area contributed by atoms with Gasteiger partial charge in [-0.2, -0.15) is 0 Å². The van der Waals surface area contributed by atoms with Crippen LogP contribution in [0.5, 0.6) is 0 Å². The molecule has 0 aliphatic heterocycles. The van der Waals surface area contributed by atoms with Crippen molar-refractivity contribution >= 4 is 18.0 Å². The molecule has 1 aromatic heterocycles. The molecule has 2 aromatic rings. The Morgan fingerprint density at radius 2 is 1.82 bits per heavy atom. The predicted octanol–water partition coefficient (Wildman–Crippen LogP) is 1.36. The highest BCUT2D eigenvalue weighted by Gasteiger charge is 2.11. The maximum atomic E-state index is 11.0. The molecule has 4 N–H and O–H groups in total. The molecule has 0 bridgehead atoms. The number of carbonyl (C=O) groups is 2. The first kappa shape index (κ1) is 15.4. The topological polar surface area (TPSA) is 114 Å². The molecule has 0 radical (unpaired) electrons. The zero-order chi connectivity index (χ0) is 16.1. The molecular formula is C16H14N2O4. The molecule has 22 heavy (non-hydrogen) atoms. The summed E-state index contributed by atoms with van der Waals surface area (Å²) in [6.07, 6.45) is 2.88.